The first kappa shape index (κ1) is 26.0. The second kappa shape index (κ2) is 12.2. The Kier molecular flexibility index (Phi) is 8.81. The molecule has 1 aliphatic rings. The highest BCUT2D eigenvalue weighted by Gasteiger charge is 2.28. The predicted octanol–water partition coefficient (Wildman–Crippen LogP) is 6.15. The molecule has 0 saturated heterocycles. The number of carbonyl (C=O) groups is 2. The van der Waals surface area contributed by atoms with E-state index >= 15 is 0 Å². The van der Waals surface area contributed by atoms with Gasteiger partial charge in [-0.25, -0.2) is 4.39 Å². The van der Waals surface area contributed by atoms with E-state index in [4.69, 9.17) is 11.6 Å². The van der Waals surface area contributed by atoms with Crippen LogP contribution < -0.4 is 0 Å². The summed E-state index contributed by atoms with van der Waals surface area (Å²) < 4.78 is 15.5. The number of rotatable bonds is 9. The first-order valence-electron chi connectivity index (χ1n) is 12.7. The molecule has 190 valence electrons. The maximum atomic E-state index is 13.7. The van der Waals surface area contributed by atoms with Crippen LogP contribution in [0, 0.1) is 5.82 Å². The number of halogens is 2. The topological polar surface area (TPSA) is 45.6 Å². The van der Waals surface area contributed by atoms with Crippen molar-refractivity contribution in [1.82, 2.24) is 14.4 Å². The van der Waals surface area contributed by atoms with Crippen molar-refractivity contribution in [1.29, 1.82) is 0 Å². The van der Waals surface area contributed by atoms with E-state index in [-0.39, 0.29) is 24.4 Å². The molecule has 0 aliphatic heterocycles. The summed E-state index contributed by atoms with van der Waals surface area (Å²) >= 11 is 6.40. The van der Waals surface area contributed by atoms with E-state index in [2.05, 4.69) is 4.57 Å². The van der Waals surface area contributed by atoms with Gasteiger partial charge in [0.1, 0.15) is 12.4 Å². The van der Waals surface area contributed by atoms with Gasteiger partial charge in [-0.3, -0.25) is 9.59 Å². The lowest BCUT2D eigenvalue weighted by Crippen LogP contribution is -2.47. The zero-order valence-electron chi connectivity index (χ0n) is 20.7. The van der Waals surface area contributed by atoms with Crippen molar-refractivity contribution in [2.24, 2.45) is 0 Å². The molecule has 1 fully saturated rings. The second-order valence-electron chi connectivity index (χ2n) is 9.36. The molecule has 1 aliphatic carbocycles. The molecule has 0 spiro atoms. The molecule has 5 nitrogen and oxygen atoms in total. The van der Waals surface area contributed by atoms with Gasteiger partial charge in [0, 0.05) is 41.6 Å². The Labute approximate surface area is 217 Å². The van der Waals surface area contributed by atoms with Crippen LogP contribution in [0.15, 0.2) is 66.9 Å². The second-order valence-corrected chi connectivity index (χ2v) is 9.77. The standard InChI is InChI=1S/C29H33ClFN3O2/c1-2-32(29(36)22-14-16-24(31)17-15-22)21-28(35)34(25-10-4-3-5-11-25)20-26-12-8-18-33(26)19-23-9-6-7-13-27(23)30/h6-9,12-18,25H,2-5,10-11,19-21H2,1H3. The fourth-order valence-electron chi connectivity index (χ4n) is 4.90. The Hall–Kier alpha value is -3.12. The quantitative estimate of drug-likeness (QED) is 0.347. The van der Waals surface area contributed by atoms with Crippen LogP contribution in [0.5, 0.6) is 0 Å². The number of likely N-dealkylation sites (N-methyl/N-ethyl adjacent to an activating group) is 1. The molecule has 1 heterocycles. The molecule has 0 radical (unpaired) electrons. The molecule has 0 atom stereocenters. The van der Waals surface area contributed by atoms with Gasteiger partial charge in [-0.05, 0) is 67.8 Å². The lowest BCUT2D eigenvalue weighted by atomic mass is 9.94. The van der Waals surface area contributed by atoms with Crippen molar-refractivity contribution in [2.75, 3.05) is 13.1 Å². The summed E-state index contributed by atoms with van der Waals surface area (Å²) in [7, 11) is 0. The molecule has 0 bridgehead atoms. The highest BCUT2D eigenvalue weighted by atomic mass is 35.5. The van der Waals surface area contributed by atoms with Crippen LogP contribution in [-0.2, 0) is 17.9 Å². The minimum atomic E-state index is -0.394. The highest BCUT2D eigenvalue weighted by Crippen LogP contribution is 2.25. The first-order chi connectivity index (χ1) is 17.5. The van der Waals surface area contributed by atoms with Crippen LogP contribution in [-0.4, -0.2) is 45.3 Å². The van der Waals surface area contributed by atoms with Gasteiger partial charge in [-0.15, -0.1) is 0 Å². The summed E-state index contributed by atoms with van der Waals surface area (Å²) in [5.41, 5.74) is 2.43. The largest absolute Gasteiger partial charge is 0.345 e. The Morgan fingerprint density at radius 1 is 1.00 bits per heavy atom. The molecule has 1 saturated carbocycles. The average molecular weight is 510 g/mol. The Bertz CT molecular complexity index is 1170. The SMILES string of the molecule is CCN(CC(=O)N(Cc1cccn1Cc1ccccc1Cl)C1CCCCC1)C(=O)c1ccc(F)cc1. The highest BCUT2D eigenvalue weighted by molar-refractivity contribution is 6.31. The number of amides is 2. The maximum absolute atomic E-state index is 13.7. The molecule has 7 heteroatoms. The number of hydrogen-bond donors (Lipinski definition) is 0. The number of benzene rings is 2. The van der Waals surface area contributed by atoms with Gasteiger partial charge in [0.05, 0.1) is 6.54 Å². The Balaban J connectivity index is 1.53. The van der Waals surface area contributed by atoms with Gasteiger partial charge in [0.2, 0.25) is 5.91 Å². The zero-order valence-corrected chi connectivity index (χ0v) is 21.5. The molecule has 3 aromatic rings. The summed E-state index contributed by atoms with van der Waals surface area (Å²) in [6.07, 6.45) is 7.33. The van der Waals surface area contributed by atoms with Gasteiger partial charge in [0.25, 0.3) is 5.91 Å². The minimum Gasteiger partial charge on any atom is -0.345 e. The lowest BCUT2D eigenvalue weighted by molar-refractivity contribution is -0.135. The molecule has 36 heavy (non-hydrogen) atoms. The molecule has 1 aromatic heterocycles. The number of aromatic nitrogens is 1. The third-order valence-electron chi connectivity index (χ3n) is 6.98. The van der Waals surface area contributed by atoms with Gasteiger partial charge in [-0.1, -0.05) is 49.1 Å². The number of hydrogen-bond acceptors (Lipinski definition) is 2. The van der Waals surface area contributed by atoms with E-state index in [9.17, 15) is 14.0 Å². The number of carbonyl (C=O) groups excluding carboxylic acids is 2. The molecular formula is C29H33ClFN3O2. The van der Waals surface area contributed by atoms with Crippen LogP contribution in [0.3, 0.4) is 0 Å². The van der Waals surface area contributed by atoms with Crippen molar-refractivity contribution < 1.29 is 14.0 Å². The van der Waals surface area contributed by atoms with Gasteiger partial charge < -0.3 is 14.4 Å². The van der Waals surface area contributed by atoms with Gasteiger partial charge in [0.15, 0.2) is 0 Å². The molecule has 2 amide bonds. The van der Waals surface area contributed by atoms with Gasteiger partial charge in [-0.2, -0.15) is 0 Å². The third-order valence-corrected chi connectivity index (χ3v) is 7.35. The predicted molar refractivity (Wildman–Crippen MR) is 140 cm³/mol. The monoisotopic (exact) mass is 509 g/mol. The van der Waals surface area contributed by atoms with Crippen LogP contribution in [0.25, 0.3) is 0 Å². The normalized spacial score (nSPS) is 14.0. The summed E-state index contributed by atoms with van der Waals surface area (Å²) in [6, 6.07) is 17.4. The summed E-state index contributed by atoms with van der Waals surface area (Å²) in [4.78, 5) is 30.2. The molecular weight excluding hydrogens is 477 g/mol. The molecule has 2 aromatic carbocycles. The lowest BCUT2D eigenvalue weighted by Gasteiger charge is -2.36. The van der Waals surface area contributed by atoms with Gasteiger partial charge >= 0.3 is 0 Å². The van der Waals surface area contributed by atoms with Crippen LogP contribution in [0.1, 0.15) is 60.6 Å². The van der Waals surface area contributed by atoms with E-state index < -0.39 is 5.82 Å². The van der Waals surface area contributed by atoms with Crippen molar-refractivity contribution in [3.8, 4) is 0 Å². The van der Waals surface area contributed by atoms with E-state index in [1.807, 2.05) is 54.4 Å². The van der Waals surface area contributed by atoms with Crippen molar-refractivity contribution in [3.63, 3.8) is 0 Å². The Morgan fingerprint density at radius 2 is 1.72 bits per heavy atom. The van der Waals surface area contributed by atoms with E-state index in [1.54, 1.807) is 0 Å². The molecule has 0 unspecified atom stereocenters. The Morgan fingerprint density at radius 3 is 2.42 bits per heavy atom. The van der Waals surface area contributed by atoms with E-state index in [0.717, 1.165) is 42.0 Å². The summed E-state index contributed by atoms with van der Waals surface area (Å²) in [5.74, 6) is -0.727. The fourth-order valence-corrected chi connectivity index (χ4v) is 5.10. The zero-order chi connectivity index (χ0) is 25.5. The fraction of sp³-hybridized carbons (Fsp3) is 0.379. The van der Waals surface area contributed by atoms with E-state index in [0.29, 0.717) is 25.2 Å². The van der Waals surface area contributed by atoms with Crippen molar-refractivity contribution in [2.45, 2.75) is 58.2 Å². The van der Waals surface area contributed by atoms with Crippen LogP contribution >= 0.6 is 11.6 Å². The third kappa shape index (κ3) is 6.35. The summed E-state index contributed by atoms with van der Waals surface area (Å²) in [6.45, 7) is 3.34. The van der Waals surface area contributed by atoms with Crippen molar-refractivity contribution in [3.05, 3.63) is 94.5 Å². The molecule has 0 N–H and O–H groups in total. The average Bonchev–Trinajstić information content (AvgIpc) is 3.34. The minimum absolute atomic E-state index is 0.00552. The van der Waals surface area contributed by atoms with Crippen molar-refractivity contribution >= 4 is 23.4 Å². The smallest absolute Gasteiger partial charge is 0.254 e. The number of nitrogens with zero attached hydrogens (tertiary/aromatic N) is 3. The van der Waals surface area contributed by atoms with E-state index in [1.165, 1.54) is 35.6 Å². The molecule has 4 rings (SSSR count). The first-order valence-corrected chi connectivity index (χ1v) is 13.1. The maximum Gasteiger partial charge on any atom is 0.254 e. The summed E-state index contributed by atoms with van der Waals surface area (Å²) in [5, 5.41) is 0.718. The van der Waals surface area contributed by atoms with Crippen LogP contribution in [0.4, 0.5) is 4.39 Å². The van der Waals surface area contributed by atoms with Crippen LogP contribution in [0.2, 0.25) is 5.02 Å².